The third-order valence-corrected chi connectivity index (χ3v) is 11.2. The van der Waals surface area contributed by atoms with Crippen molar-refractivity contribution in [2.45, 2.75) is 64.0 Å². The lowest BCUT2D eigenvalue weighted by molar-refractivity contribution is -0.208. The van der Waals surface area contributed by atoms with Crippen LogP contribution in [0.5, 0.6) is 5.75 Å². The molecule has 1 saturated heterocycles. The molecule has 2 bridgehead atoms. The summed E-state index contributed by atoms with van der Waals surface area (Å²) >= 11 is 0. The first-order chi connectivity index (χ1) is 20.6. The van der Waals surface area contributed by atoms with E-state index in [9.17, 15) is 15.3 Å². The first kappa shape index (κ1) is 28.5. The molecule has 5 aliphatic rings. The van der Waals surface area contributed by atoms with Crippen LogP contribution in [0.25, 0.3) is 0 Å². The zero-order valence-corrected chi connectivity index (χ0v) is 25.7. The number of likely N-dealkylation sites (tertiary alicyclic amines) is 1. The fourth-order valence-corrected chi connectivity index (χ4v) is 9.30. The van der Waals surface area contributed by atoms with Crippen LogP contribution in [-0.4, -0.2) is 69.7 Å². The van der Waals surface area contributed by atoms with Gasteiger partial charge in [-0.2, -0.15) is 10.2 Å². The van der Waals surface area contributed by atoms with E-state index in [2.05, 4.69) is 55.7 Å². The molecule has 7 atom stereocenters. The van der Waals surface area contributed by atoms with Crippen molar-refractivity contribution in [3.05, 3.63) is 94.4 Å². The first-order valence-corrected chi connectivity index (χ1v) is 15.6. The Morgan fingerprint density at radius 2 is 1.74 bits per heavy atom. The maximum atomic E-state index is 12.8. The summed E-state index contributed by atoms with van der Waals surface area (Å²) < 4.78 is 7.37. The highest BCUT2D eigenvalue weighted by Crippen LogP contribution is 2.75. The second-order valence-electron chi connectivity index (χ2n) is 12.9. The molecule has 43 heavy (non-hydrogen) atoms. The summed E-state index contributed by atoms with van der Waals surface area (Å²) in [5, 5.41) is 44.6. The third kappa shape index (κ3) is 3.52. The number of hydrogen-bond acceptors (Lipinski definition) is 8. The Balaban J connectivity index is 1.52. The summed E-state index contributed by atoms with van der Waals surface area (Å²) in [6, 6.07) is 16.8. The molecular formula is C35H42N4O4. The van der Waals surface area contributed by atoms with E-state index in [-0.39, 0.29) is 23.6 Å². The van der Waals surface area contributed by atoms with Gasteiger partial charge >= 0.3 is 0 Å². The molecule has 7 rings (SSSR count). The number of aliphatic hydroxyl groups is 2. The van der Waals surface area contributed by atoms with Crippen LogP contribution in [0.15, 0.2) is 99.1 Å². The van der Waals surface area contributed by atoms with Gasteiger partial charge in [0.15, 0.2) is 11.3 Å². The Morgan fingerprint density at radius 3 is 2.42 bits per heavy atom. The van der Waals surface area contributed by atoms with Crippen LogP contribution >= 0.6 is 0 Å². The normalized spacial score (nSPS) is 36.7. The lowest BCUT2D eigenvalue weighted by Gasteiger charge is -2.64. The van der Waals surface area contributed by atoms with Crippen molar-refractivity contribution >= 4 is 5.69 Å². The number of phenols is 1. The predicted octanol–water partition coefficient (Wildman–Crippen LogP) is 5.62. The minimum absolute atomic E-state index is 0.0115. The molecule has 2 heterocycles. The molecule has 0 amide bonds. The number of likely N-dealkylation sites (N-methyl/N-ethyl adjacent to an activating group) is 1. The maximum absolute atomic E-state index is 12.8. The van der Waals surface area contributed by atoms with E-state index in [1.807, 2.05) is 30.3 Å². The summed E-state index contributed by atoms with van der Waals surface area (Å²) in [6.45, 7) is 10.5. The molecule has 1 spiro atoms. The van der Waals surface area contributed by atoms with E-state index in [0.29, 0.717) is 30.2 Å². The quantitative estimate of drug-likeness (QED) is 0.302. The van der Waals surface area contributed by atoms with Gasteiger partial charge in [0, 0.05) is 23.5 Å². The second kappa shape index (κ2) is 9.86. The standard InChI is InChI=1S/C35H42N4O4/c1-6-39(7-2)35(42)21(3)19-23-20-27-28-22(4)30(37-36-25-13-15-26(40)16-14-25)31(41)34(24-11-9-8-10-12-24)33(28,17-18-38(27)5)29(23)32(35)43-34/h8-16,19,21,27-28,31,40-42H,6-7,17-18,20H2,1-5H3/t21?,27-,28+,31+,33+,34+,35?/m1/s1. The van der Waals surface area contributed by atoms with E-state index in [1.54, 1.807) is 24.3 Å². The lowest BCUT2D eigenvalue weighted by Crippen LogP contribution is -2.68. The topological polar surface area (TPSA) is 101 Å². The largest absolute Gasteiger partial charge is 0.508 e. The van der Waals surface area contributed by atoms with E-state index in [1.165, 1.54) is 5.57 Å². The van der Waals surface area contributed by atoms with Crippen molar-refractivity contribution in [2.75, 3.05) is 26.7 Å². The van der Waals surface area contributed by atoms with Crippen molar-refractivity contribution in [1.29, 1.82) is 0 Å². The molecule has 2 fully saturated rings. The van der Waals surface area contributed by atoms with Crippen molar-refractivity contribution in [1.82, 2.24) is 9.80 Å². The van der Waals surface area contributed by atoms with Gasteiger partial charge < -0.3 is 25.0 Å². The third-order valence-electron chi connectivity index (χ3n) is 11.2. The van der Waals surface area contributed by atoms with E-state index < -0.39 is 22.8 Å². The van der Waals surface area contributed by atoms with Gasteiger partial charge in [0.25, 0.3) is 0 Å². The Bertz CT molecular complexity index is 1560. The lowest BCUT2D eigenvalue weighted by atomic mass is 9.43. The summed E-state index contributed by atoms with van der Waals surface area (Å²) in [6.07, 6.45) is 2.74. The van der Waals surface area contributed by atoms with Crippen LogP contribution in [0.3, 0.4) is 0 Å². The average Bonchev–Trinajstić information content (AvgIpc) is 3.33. The molecule has 2 aromatic carbocycles. The molecule has 8 nitrogen and oxygen atoms in total. The number of piperidine rings is 1. The van der Waals surface area contributed by atoms with Crippen LogP contribution in [0.2, 0.25) is 0 Å². The number of aromatic hydroxyl groups is 1. The monoisotopic (exact) mass is 582 g/mol. The van der Waals surface area contributed by atoms with Crippen LogP contribution in [-0.2, 0) is 10.3 Å². The molecule has 0 aromatic heterocycles. The van der Waals surface area contributed by atoms with Gasteiger partial charge in [-0.05, 0) is 87.4 Å². The number of phenolic OH excluding ortho intramolecular Hbond substituents is 1. The number of hydrogen-bond donors (Lipinski definition) is 3. The number of azo groups is 1. The van der Waals surface area contributed by atoms with Gasteiger partial charge in [0.2, 0.25) is 0 Å². The van der Waals surface area contributed by atoms with Crippen LogP contribution in [0.4, 0.5) is 5.69 Å². The fourth-order valence-electron chi connectivity index (χ4n) is 9.30. The molecule has 2 unspecified atom stereocenters. The molecular weight excluding hydrogens is 540 g/mol. The highest BCUT2D eigenvalue weighted by Gasteiger charge is 2.77. The van der Waals surface area contributed by atoms with Crippen LogP contribution in [0.1, 0.15) is 46.1 Å². The number of rotatable bonds is 6. The molecule has 226 valence electrons. The molecule has 3 N–H and O–H groups in total. The number of aliphatic hydroxyl groups excluding tert-OH is 1. The molecule has 0 radical (unpaired) electrons. The van der Waals surface area contributed by atoms with E-state index in [4.69, 9.17) is 9.85 Å². The molecule has 8 heteroatoms. The Labute approximate surface area is 253 Å². The van der Waals surface area contributed by atoms with Gasteiger partial charge in [-0.15, -0.1) is 0 Å². The Hall–Kier alpha value is -3.30. The molecule has 2 aliphatic heterocycles. The van der Waals surface area contributed by atoms with Crippen LogP contribution in [0, 0.1) is 17.3 Å². The summed E-state index contributed by atoms with van der Waals surface area (Å²) in [4.78, 5) is 4.54. The molecule has 2 aromatic rings. The van der Waals surface area contributed by atoms with Crippen molar-refractivity contribution in [3.8, 4) is 5.75 Å². The molecule has 3 aliphatic carbocycles. The van der Waals surface area contributed by atoms with Crippen molar-refractivity contribution < 1.29 is 20.1 Å². The first-order valence-electron chi connectivity index (χ1n) is 15.6. The summed E-state index contributed by atoms with van der Waals surface area (Å²) in [5.41, 5.74) is 2.14. The van der Waals surface area contributed by atoms with E-state index in [0.717, 1.165) is 36.1 Å². The number of nitrogens with zero attached hydrogens (tertiary/aromatic N) is 4. The average molecular weight is 583 g/mol. The highest BCUT2D eigenvalue weighted by molar-refractivity contribution is 5.61. The summed E-state index contributed by atoms with van der Waals surface area (Å²) in [7, 11) is 2.20. The van der Waals surface area contributed by atoms with Gasteiger partial charge in [-0.3, -0.25) is 4.90 Å². The van der Waals surface area contributed by atoms with Crippen molar-refractivity contribution in [3.63, 3.8) is 0 Å². The van der Waals surface area contributed by atoms with Gasteiger partial charge in [0.1, 0.15) is 17.6 Å². The highest BCUT2D eigenvalue weighted by atomic mass is 16.5. The maximum Gasteiger partial charge on any atom is 0.183 e. The fraction of sp³-hybridized carbons (Fsp3) is 0.486. The smallest absolute Gasteiger partial charge is 0.183 e. The Kier molecular flexibility index (Phi) is 6.53. The van der Waals surface area contributed by atoms with Gasteiger partial charge in [-0.1, -0.05) is 57.2 Å². The second-order valence-corrected chi connectivity index (χ2v) is 12.9. The minimum Gasteiger partial charge on any atom is -0.508 e. The zero-order chi connectivity index (χ0) is 30.3. The van der Waals surface area contributed by atoms with Gasteiger partial charge in [-0.25, -0.2) is 0 Å². The van der Waals surface area contributed by atoms with E-state index >= 15 is 0 Å². The summed E-state index contributed by atoms with van der Waals surface area (Å²) in [5.74, 6) is 0.544. The number of benzene rings is 2. The SMILES string of the molecule is CCN(CC)C1(O)C2=C3C(=CC1C)C[C@@H]1[C@@H]4C(C)=C(N=Nc5ccc(O)cc5)[C@H](O)[C@](c5ccccc5)(O2)[C@]34CCN1C. The predicted molar refractivity (Wildman–Crippen MR) is 164 cm³/mol. The minimum atomic E-state index is -1.35. The Morgan fingerprint density at radius 1 is 1.05 bits per heavy atom. The molecule has 1 saturated carbocycles. The van der Waals surface area contributed by atoms with Crippen molar-refractivity contribution in [2.24, 2.45) is 27.5 Å². The van der Waals surface area contributed by atoms with Gasteiger partial charge in [0.05, 0.1) is 16.8 Å². The zero-order valence-electron chi connectivity index (χ0n) is 25.7. The van der Waals surface area contributed by atoms with Crippen LogP contribution < -0.4 is 0 Å². The number of ether oxygens (including phenoxy) is 1.